The number of aromatic nitrogens is 2. The van der Waals surface area contributed by atoms with Crippen molar-refractivity contribution < 1.29 is 9.15 Å². The zero-order valence-corrected chi connectivity index (χ0v) is 14.0. The zero-order chi connectivity index (χ0) is 18.1. The van der Waals surface area contributed by atoms with Crippen LogP contribution in [0.4, 0.5) is 5.95 Å². The molecule has 0 spiro atoms. The van der Waals surface area contributed by atoms with E-state index < -0.39 is 5.63 Å². The fourth-order valence-electron chi connectivity index (χ4n) is 2.84. The van der Waals surface area contributed by atoms with Gasteiger partial charge in [0, 0.05) is 10.9 Å². The monoisotopic (exact) mass is 345 g/mol. The van der Waals surface area contributed by atoms with Crippen LogP contribution in [0.2, 0.25) is 0 Å². The first-order chi connectivity index (χ1) is 12.7. The summed E-state index contributed by atoms with van der Waals surface area (Å²) >= 11 is 0. The van der Waals surface area contributed by atoms with Crippen LogP contribution in [0.25, 0.3) is 33.5 Å². The topological polar surface area (TPSA) is 91.2 Å². The van der Waals surface area contributed by atoms with Crippen molar-refractivity contribution in [2.45, 2.75) is 0 Å². The van der Waals surface area contributed by atoms with Gasteiger partial charge in [0.2, 0.25) is 5.95 Å². The lowest BCUT2D eigenvalue weighted by Crippen LogP contribution is -2.06. The highest BCUT2D eigenvalue weighted by molar-refractivity contribution is 5.82. The zero-order valence-electron chi connectivity index (χ0n) is 14.0. The van der Waals surface area contributed by atoms with Gasteiger partial charge in [-0.15, -0.1) is 0 Å². The van der Waals surface area contributed by atoms with Gasteiger partial charge in [0.1, 0.15) is 11.3 Å². The van der Waals surface area contributed by atoms with Gasteiger partial charge < -0.3 is 14.9 Å². The molecule has 2 aromatic heterocycles. The van der Waals surface area contributed by atoms with Gasteiger partial charge in [-0.1, -0.05) is 30.3 Å². The summed E-state index contributed by atoms with van der Waals surface area (Å²) in [6.45, 7) is 0. The molecule has 0 fully saturated rings. The van der Waals surface area contributed by atoms with E-state index >= 15 is 0 Å². The standard InChI is InChI=1S/C20H15N3O3/c1-25-18-9-5-3-7-13(18)15-11-16(23-20(21)22-15)14-10-12-6-2-4-8-17(12)26-19(14)24/h2-11H,1H3,(H2,21,22,23). The maximum absolute atomic E-state index is 12.4. The summed E-state index contributed by atoms with van der Waals surface area (Å²) in [5.74, 6) is 0.720. The maximum Gasteiger partial charge on any atom is 0.345 e. The van der Waals surface area contributed by atoms with E-state index in [1.807, 2.05) is 42.5 Å². The highest BCUT2D eigenvalue weighted by Gasteiger charge is 2.14. The number of nitrogen functional groups attached to an aromatic ring is 1. The summed E-state index contributed by atoms with van der Waals surface area (Å²) in [5.41, 5.74) is 7.99. The van der Waals surface area contributed by atoms with Gasteiger partial charge in [-0.25, -0.2) is 14.8 Å². The summed E-state index contributed by atoms with van der Waals surface area (Å²) < 4.78 is 10.8. The number of para-hydroxylation sites is 2. The van der Waals surface area contributed by atoms with Crippen molar-refractivity contribution in [3.8, 4) is 28.3 Å². The Morgan fingerprint density at radius 1 is 0.923 bits per heavy atom. The third kappa shape index (κ3) is 2.77. The summed E-state index contributed by atoms with van der Waals surface area (Å²) in [6, 6.07) is 18.2. The van der Waals surface area contributed by atoms with Crippen molar-refractivity contribution in [1.29, 1.82) is 0 Å². The van der Waals surface area contributed by atoms with Gasteiger partial charge in [0.05, 0.1) is 24.1 Å². The number of hydrogen-bond acceptors (Lipinski definition) is 6. The van der Waals surface area contributed by atoms with E-state index in [0.29, 0.717) is 28.3 Å². The minimum Gasteiger partial charge on any atom is -0.496 e. The van der Waals surface area contributed by atoms with Gasteiger partial charge in [0.25, 0.3) is 0 Å². The summed E-state index contributed by atoms with van der Waals surface area (Å²) in [5, 5.41) is 0.804. The van der Waals surface area contributed by atoms with E-state index in [-0.39, 0.29) is 5.95 Å². The molecule has 0 unspecified atom stereocenters. The Balaban J connectivity index is 1.92. The molecule has 2 N–H and O–H groups in total. The molecule has 4 aromatic rings. The molecule has 0 amide bonds. The molecule has 0 saturated carbocycles. The molecule has 4 rings (SSSR count). The normalized spacial score (nSPS) is 10.8. The van der Waals surface area contributed by atoms with Gasteiger partial charge in [-0.3, -0.25) is 0 Å². The molecule has 0 aliphatic carbocycles. The van der Waals surface area contributed by atoms with Crippen LogP contribution in [-0.4, -0.2) is 17.1 Å². The Bertz CT molecular complexity index is 1170. The van der Waals surface area contributed by atoms with Crippen LogP contribution >= 0.6 is 0 Å². The van der Waals surface area contributed by atoms with Gasteiger partial charge in [-0.05, 0) is 30.3 Å². The molecule has 0 bridgehead atoms. The Labute approximate surface area is 148 Å². The molecule has 2 heterocycles. The SMILES string of the molecule is COc1ccccc1-c1cc(-c2cc3ccccc3oc2=O)nc(N)n1. The molecule has 0 aliphatic heterocycles. The molecule has 0 saturated heterocycles. The van der Waals surface area contributed by atoms with E-state index in [0.717, 1.165) is 10.9 Å². The first-order valence-electron chi connectivity index (χ1n) is 7.97. The lowest BCUT2D eigenvalue weighted by atomic mass is 10.1. The number of nitrogens with zero attached hydrogens (tertiary/aromatic N) is 2. The van der Waals surface area contributed by atoms with Crippen LogP contribution < -0.4 is 16.1 Å². The fourth-order valence-corrected chi connectivity index (χ4v) is 2.84. The minimum absolute atomic E-state index is 0.0657. The third-order valence-corrected chi connectivity index (χ3v) is 4.04. The largest absolute Gasteiger partial charge is 0.496 e. The average Bonchev–Trinajstić information content (AvgIpc) is 2.67. The predicted molar refractivity (Wildman–Crippen MR) is 99.9 cm³/mol. The number of hydrogen-bond donors (Lipinski definition) is 1. The first-order valence-corrected chi connectivity index (χ1v) is 7.97. The lowest BCUT2D eigenvalue weighted by molar-refractivity contribution is 0.416. The highest BCUT2D eigenvalue weighted by atomic mass is 16.5. The number of nitrogens with two attached hydrogens (primary N) is 1. The number of anilines is 1. The van der Waals surface area contributed by atoms with Crippen LogP contribution in [-0.2, 0) is 0 Å². The Morgan fingerprint density at radius 2 is 1.62 bits per heavy atom. The molecule has 6 nitrogen and oxygen atoms in total. The first kappa shape index (κ1) is 15.8. The smallest absolute Gasteiger partial charge is 0.345 e. The number of benzene rings is 2. The second-order valence-electron chi connectivity index (χ2n) is 5.68. The molecule has 0 atom stereocenters. The van der Waals surface area contributed by atoms with Crippen molar-refractivity contribution in [2.75, 3.05) is 12.8 Å². The molecule has 26 heavy (non-hydrogen) atoms. The average molecular weight is 345 g/mol. The second kappa shape index (κ2) is 6.33. The van der Waals surface area contributed by atoms with Crippen molar-refractivity contribution in [3.05, 3.63) is 71.1 Å². The van der Waals surface area contributed by atoms with E-state index in [1.54, 1.807) is 25.3 Å². The number of rotatable bonds is 3. The molecular formula is C20H15N3O3. The molecule has 128 valence electrons. The Hall–Kier alpha value is -3.67. The quantitative estimate of drug-likeness (QED) is 0.571. The fraction of sp³-hybridized carbons (Fsp3) is 0.0500. The van der Waals surface area contributed by atoms with Gasteiger partial charge >= 0.3 is 5.63 Å². The van der Waals surface area contributed by atoms with Gasteiger partial charge in [-0.2, -0.15) is 0 Å². The molecule has 2 aromatic carbocycles. The van der Waals surface area contributed by atoms with E-state index in [9.17, 15) is 4.79 Å². The number of methoxy groups -OCH3 is 1. The third-order valence-electron chi connectivity index (χ3n) is 4.04. The highest BCUT2D eigenvalue weighted by Crippen LogP contribution is 2.30. The number of ether oxygens (including phenoxy) is 1. The Kier molecular flexibility index (Phi) is 3.85. The van der Waals surface area contributed by atoms with Crippen LogP contribution in [0.3, 0.4) is 0 Å². The molecule has 0 aliphatic rings. The summed E-state index contributed by atoms with van der Waals surface area (Å²) in [7, 11) is 1.59. The van der Waals surface area contributed by atoms with Crippen LogP contribution in [0, 0.1) is 0 Å². The molecule has 0 radical (unpaired) electrons. The van der Waals surface area contributed by atoms with E-state index in [2.05, 4.69) is 9.97 Å². The van der Waals surface area contributed by atoms with Crippen LogP contribution in [0.5, 0.6) is 5.75 Å². The van der Waals surface area contributed by atoms with Crippen LogP contribution in [0.1, 0.15) is 0 Å². The van der Waals surface area contributed by atoms with Crippen molar-refractivity contribution in [3.63, 3.8) is 0 Å². The second-order valence-corrected chi connectivity index (χ2v) is 5.68. The lowest BCUT2D eigenvalue weighted by Gasteiger charge is -2.09. The van der Waals surface area contributed by atoms with Gasteiger partial charge in [0.15, 0.2) is 0 Å². The van der Waals surface area contributed by atoms with Crippen molar-refractivity contribution >= 4 is 16.9 Å². The minimum atomic E-state index is -0.479. The van der Waals surface area contributed by atoms with Crippen LogP contribution in [0.15, 0.2) is 69.9 Å². The van der Waals surface area contributed by atoms with Crippen molar-refractivity contribution in [1.82, 2.24) is 9.97 Å². The molecule has 6 heteroatoms. The van der Waals surface area contributed by atoms with E-state index in [1.165, 1.54) is 0 Å². The predicted octanol–water partition coefficient (Wildman–Crippen LogP) is 3.51. The molecular weight excluding hydrogens is 330 g/mol. The summed E-state index contributed by atoms with van der Waals surface area (Å²) in [4.78, 5) is 20.9. The maximum atomic E-state index is 12.4. The number of fused-ring (bicyclic) bond motifs is 1. The Morgan fingerprint density at radius 3 is 2.42 bits per heavy atom. The van der Waals surface area contributed by atoms with Crippen molar-refractivity contribution in [2.24, 2.45) is 0 Å². The summed E-state index contributed by atoms with van der Waals surface area (Å²) in [6.07, 6.45) is 0. The van der Waals surface area contributed by atoms with E-state index in [4.69, 9.17) is 14.9 Å².